The number of halogens is 1. The summed E-state index contributed by atoms with van der Waals surface area (Å²) in [7, 11) is 1.71. The van der Waals surface area contributed by atoms with Gasteiger partial charge in [-0.05, 0) is 48.9 Å². The average molecular weight is 368 g/mol. The number of hydrogen-bond acceptors (Lipinski definition) is 3. The third kappa shape index (κ3) is 3.81. The second kappa shape index (κ2) is 7.49. The fraction of sp³-hybridized carbons (Fsp3) is 0.100. The molecule has 0 aliphatic rings. The molecule has 3 rings (SSSR count). The van der Waals surface area contributed by atoms with Gasteiger partial charge in [0.1, 0.15) is 5.82 Å². The van der Waals surface area contributed by atoms with Crippen LogP contribution in [0.2, 0.25) is 0 Å². The van der Waals surface area contributed by atoms with Gasteiger partial charge in [-0.25, -0.2) is 4.39 Å². The van der Waals surface area contributed by atoms with E-state index in [1.807, 2.05) is 37.3 Å². The number of carbonyl (C=O) groups is 2. The number of carbonyl (C=O) groups excluding carboxylic acids is 2. The van der Waals surface area contributed by atoms with Crippen LogP contribution in [0.5, 0.6) is 0 Å². The van der Waals surface area contributed by atoms with Crippen LogP contribution in [0.4, 0.5) is 15.1 Å². The Hall–Kier alpha value is -2.99. The van der Waals surface area contributed by atoms with E-state index in [0.29, 0.717) is 9.88 Å². The summed E-state index contributed by atoms with van der Waals surface area (Å²) in [6, 6.07) is 16.5. The number of benzene rings is 2. The van der Waals surface area contributed by atoms with E-state index in [2.05, 4.69) is 5.32 Å². The molecule has 0 atom stereocenters. The molecule has 0 aliphatic carbocycles. The number of amides is 2. The van der Waals surface area contributed by atoms with Crippen molar-refractivity contribution in [3.8, 4) is 0 Å². The number of nitrogens with zero attached hydrogens (tertiary/aromatic N) is 1. The summed E-state index contributed by atoms with van der Waals surface area (Å²) in [5.74, 6) is -1.04. The Morgan fingerprint density at radius 3 is 2.46 bits per heavy atom. The van der Waals surface area contributed by atoms with Gasteiger partial charge < -0.3 is 10.2 Å². The molecule has 1 heterocycles. The highest BCUT2D eigenvalue weighted by atomic mass is 32.1. The lowest BCUT2D eigenvalue weighted by molar-refractivity contribution is 0.0994. The predicted molar refractivity (Wildman–Crippen MR) is 103 cm³/mol. The van der Waals surface area contributed by atoms with E-state index in [0.717, 1.165) is 11.3 Å². The highest BCUT2D eigenvalue weighted by Gasteiger charge is 2.19. The summed E-state index contributed by atoms with van der Waals surface area (Å²) in [4.78, 5) is 27.1. The van der Waals surface area contributed by atoms with Crippen molar-refractivity contribution in [3.05, 3.63) is 82.5 Å². The number of para-hydroxylation sites is 1. The molecule has 6 heteroatoms. The van der Waals surface area contributed by atoms with E-state index < -0.39 is 11.7 Å². The number of hydrogen-bond donors (Lipinski definition) is 1. The maximum Gasteiger partial charge on any atom is 0.268 e. The number of thiophene rings is 1. The minimum Gasteiger partial charge on any atom is -0.314 e. The molecule has 1 aromatic heterocycles. The Kier molecular flexibility index (Phi) is 5.14. The predicted octanol–water partition coefficient (Wildman–Crippen LogP) is 4.72. The first kappa shape index (κ1) is 17.8. The van der Waals surface area contributed by atoms with Crippen LogP contribution in [0.25, 0.3) is 0 Å². The van der Waals surface area contributed by atoms with Crippen LogP contribution in [0.3, 0.4) is 0 Å². The molecule has 4 nitrogen and oxygen atoms in total. The minimum atomic E-state index is -0.472. The summed E-state index contributed by atoms with van der Waals surface area (Å²) < 4.78 is 13.3. The summed E-state index contributed by atoms with van der Waals surface area (Å²) in [6.07, 6.45) is 0. The summed E-state index contributed by atoms with van der Waals surface area (Å²) >= 11 is 1.20. The van der Waals surface area contributed by atoms with Gasteiger partial charge in [0.25, 0.3) is 11.8 Å². The molecular weight excluding hydrogens is 351 g/mol. The SMILES string of the molecule is Cc1cc(NC(=O)c2cccc(F)c2)sc1C(=O)N(C)c1ccccc1. The van der Waals surface area contributed by atoms with Crippen molar-refractivity contribution in [2.24, 2.45) is 0 Å². The fourth-order valence-electron chi connectivity index (χ4n) is 2.49. The summed E-state index contributed by atoms with van der Waals surface area (Å²) in [5.41, 5.74) is 1.79. The number of anilines is 2. The van der Waals surface area contributed by atoms with E-state index >= 15 is 0 Å². The van der Waals surface area contributed by atoms with E-state index in [9.17, 15) is 14.0 Å². The van der Waals surface area contributed by atoms with Gasteiger partial charge in [-0.2, -0.15) is 0 Å². The van der Waals surface area contributed by atoms with Gasteiger partial charge in [0.2, 0.25) is 0 Å². The number of rotatable bonds is 4. The molecule has 0 fully saturated rings. The number of nitrogens with one attached hydrogen (secondary N) is 1. The first-order valence-electron chi connectivity index (χ1n) is 7.96. The molecule has 132 valence electrons. The molecule has 3 aromatic rings. The van der Waals surface area contributed by atoms with E-state index in [1.165, 1.54) is 35.6 Å². The molecule has 26 heavy (non-hydrogen) atoms. The second-order valence-electron chi connectivity index (χ2n) is 5.79. The number of aryl methyl sites for hydroxylation is 1. The highest BCUT2D eigenvalue weighted by Crippen LogP contribution is 2.29. The van der Waals surface area contributed by atoms with Gasteiger partial charge in [0.15, 0.2) is 0 Å². The van der Waals surface area contributed by atoms with Gasteiger partial charge in [0.05, 0.1) is 9.88 Å². The van der Waals surface area contributed by atoms with Gasteiger partial charge >= 0.3 is 0 Å². The molecule has 2 aromatic carbocycles. The van der Waals surface area contributed by atoms with E-state index in [4.69, 9.17) is 0 Å². The van der Waals surface area contributed by atoms with Crippen molar-refractivity contribution < 1.29 is 14.0 Å². The molecule has 1 N–H and O–H groups in total. The van der Waals surface area contributed by atoms with Gasteiger partial charge in [-0.1, -0.05) is 24.3 Å². The standard InChI is InChI=1S/C20H17FN2O2S/c1-13-11-17(22-19(24)14-7-6-8-15(21)12-14)26-18(13)20(25)23(2)16-9-4-3-5-10-16/h3-12H,1-2H3,(H,22,24). The van der Waals surface area contributed by atoms with Crippen LogP contribution in [0.1, 0.15) is 25.6 Å². The van der Waals surface area contributed by atoms with Crippen molar-refractivity contribution in [3.63, 3.8) is 0 Å². The lowest BCUT2D eigenvalue weighted by Gasteiger charge is -2.16. The minimum absolute atomic E-state index is 0.148. The van der Waals surface area contributed by atoms with E-state index in [1.54, 1.807) is 18.0 Å². The first-order chi connectivity index (χ1) is 12.5. The second-order valence-corrected chi connectivity index (χ2v) is 6.84. The molecule has 0 spiro atoms. The third-order valence-electron chi connectivity index (χ3n) is 3.88. The zero-order chi connectivity index (χ0) is 18.7. The van der Waals surface area contributed by atoms with Crippen LogP contribution in [0, 0.1) is 12.7 Å². The van der Waals surface area contributed by atoms with Crippen molar-refractivity contribution in [2.75, 3.05) is 17.3 Å². The van der Waals surface area contributed by atoms with Crippen LogP contribution in [-0.2, 0) is 0 Å². The smallest absolute Gasteiger partial charge is 0.268 e. The molecule has 0 unspecified atom stereocenters. The van der Waals surface area contributed by atoms with Crippen LogP contribution in [-0.4, -0.2) is 18.9 Å². The zero-order valence-electron chi connectivity index (χ0n) is 14.3. The average Bonchev–Trinajstić information content (AvgIpc) is 3.01. The van der Waals surface area contributed by atoms with Gasteiger partial charge in [0, 0.05) is 18.3 Å². The molecule has 2 amide bonds. The van der Waals surface area contributed by atoms with Crippen molar-refractivity contribution in [1.29, 1.82) is 0 Å². The van der Waals surface area contributed by atoms with Crippen LogP contribution < -0.4 is 10.2 Å². The topological polar surface area (TPSA) is 49.4 Å². The van der Waals surface area contributed by atoms with Crippen molar-refractivity contribution in [2.45, 2.75) is 6.92 Å². The lowest BCUT2D eigenvalue weighted by Crippen LogP contribution is -2.25. The molecule has 0 saturated heterocycles. The van der Waals surface area contributed by atoms with Crippen LogP contribution >= 0.6 is 11.3 Å². The van der Waals surface area contributed by atoms with Crippen LogP contribution in [0.15, 0.2) is 60.7 Å². The summed E-state index contributed by atoms with van der Waals surface area (Å²) in [6.45, 7) is 1.82. The molecule has 0 aliphatic heterocycles. The Bertz CT molecular complexity index is 953. The van der Waals surface area contributed by atoms with Gasteiger partial charge in [-0.15, -0.1) is 11.3 Å². The van der Waals surface area contributed by atoms with Gasteiger partial charge in [-0.3, -0.25) is 9.59 Å². The quantitative estimate of drug-likeness (QED) is 0.724. The Morgan fingerprint density at radius 2 is 1.77 bits per heavy atom. The first-order valence-corrected chi connectivity index (χ1v) is 8.78. The largest absolute Gasteiger partial charge is 0.314 e. The maximum atomic E-state index is 13.3. The Labute approximate surface area is 154 Å². The van der Waals surface area contributed by atoms with Crippen molar-refractivity contribution >= 4 is 33.8 Å². The monoisotopic (exact) mass is 368 g/mol. The van der Waals surface area contributed by atoms with E-state index in [-0.39, 0.29) is 11.5 Å². The third-order valence-corrected chi connectivity index (χ3v) is 5.02. The fourth-order valence-corrected chi connectivity index (χ4v) is 3.53. The molecule has 0 bridgehead atoms. The Morgan fingerprint density at radius 1 is 1.04 bits per heavy atom. The molecule has 0 saturated carbocycles. The lowest BCUT2D eigenvalue weighted by atomic mass is 10.2. The normalized spacial score (nSPS) is 10.4. The molecular formula is C20H17FN2O2S. The highest BCUT2D eigenvalue weighted by molar-refractivity contribution is 7.18. The molecule has 0 radical (unpaired) electrons. The zero-order valence-corrected chi connectivity index (χ0v) is 15.1. The van der Waals surface area contributed by atoms with Crippen molar-refractivity contribution in [1.82, 2.24) is 0 Å². The summed E-state index contributed by atoms with van der Waals surface area (Å²) in [5, 5.41) is 3.27. The maximum absolute atomic E-state index is 13.3. The Balaban J connectivity index is 1.78.